The van der Waals surface area contributed by atoms with E-state index in [1.54, 1.807) is 12.4 Å². The second-order valence-corrected chi connectivity index (χ2v) is 9.19. The normalized spacial score (nSPS) is 17.4. The van der Waals surface area contributed by atoms with Crippen molar-refractivity contribution in [2.45, 2.75) is 26.2 Å². The number of ether oxygens (including phenoxy) is 2. The lowest BCUT2D eigenvalue weighted by molar-refractivity contribution is -0.127. The maximum absolute atomic E-state index is 5.96. The largest absolute Gasteiger partial charge is 0.454 e. The number of nitrogens with zero attached hydrogens (tertiary/aromatic N) is 3. The van der Waals surface area contributed by atoms with Gasteiger partial charge in [-0.3, -0.25) is 0 Å². The van der Waals surface area contributed by atoms with E-state index in [9.17, 15) is 0 Å². The number of rotatable bonds is 5. The summed E-state index contributed by atoms with van der Waals surface area (Å²) in [7, 11) is 0. The molecule has 2 saturated heterocycles. The molecule has 2 fully saturated rings. The van der Waals surface area contributed by atoms with E-state index in [2.05, 4.69) is 72.0 Å². The Morgan fingerprint density at radius 3 is 1.97 bits per heavy atom. The smallest absolute Gasteiger partial charge is 0.225 e. The fraction of sp³-hybridized carbons (Fsp3) is 0.360. The summed E-state index contributed by atoms with van der Waals surface area (Å²) in [5.74, 6) is 2.19. The summed E-state index contributed by atoms with van der Waals surface area (Å²) in [6.45, 7) is 10.3. The van der Waals surface area contributed by atoms with Crippen molar-refractivity contribution in [1.82, 2.24) is 9.97 Å². The predicted molar refractivity (Wildman–Crippen MR) is 117 cm³/mol. The molecular formula is C25H27N3O2. The van der Waals surface area contributed by atoms with Gasteiger partial charge >= 0.3 is 0 Å². The van der Waals surface area contributed by atoms with Crippen molar-refractivity contribution >= 4 is 5.95 Å². The summed E-state index contributed by atoms with van der Waals surface area (Å²) in [6, 6.07) is 17.0. The monoisotopic (exact) mass is 401 g/mol. The third-order valence-electron chi connectivity index (χ3n) is 6.35. The van der Waals surface area contributed by atoms with Gasteiger partial charge in [0.25, 0.3) is 0 Å². The van der Waals surface area contributed by atoms with Crippen LogP contribution in [0.1, 0.15) is 30.5 Å². The first-order valence-electron chi connectivity index (χ1n) is 10.4. The molecular weight excluding hydrogens is 374 g/mol. The third-order valence-corrected chi connectivity index (χ3v) is 6.35. The molecule has 30 heavy (non-hydrogen) atoms. The van der Waals surface area contributed by atoms with Crippen molar-refractivity contribution < 1.29 is 9.47 Å². The van der Waals surface area contributed by atoms with Gasteiger partial charge < -0.3 is 14.4 Å². The van der Waals surface area contributed by atoms with E-state index < -0.39 is 0 Å². The topological polar surface area (TPSA) is 47.5 Å². The van der Waals surface area contributed by atoms with Gasteiger partial charge in [0, 0.05) is 18.5 Å². The van der Waals surface area contributed by atoms with Crippen LogP contribution in [0.25, 0.3) is 0 Å². The summed E-state index contributed by atoms with van der Waals surface area (Å²) >= 11 is 0. The summed E-state index contributed by atoms with van der Waals surface area (Å²) in [5.41, 5.74) is 4.10. The Kier molecular flexibility index (Phi) is 4.51. The second kappa shape index (κ2) is 7.10. The minimum Gasteiger partial charge on any atom is -0.454 e. The van der Waals surface area contributed by atoms with E-state index in [0.29, 0.717) is 11.2 Å². The van der Waals surface area contributed by atoms with Crippen molar-refractivity contribution in [2.75, 3.05) is 31.2 Å². The molecule has 1 aromatic heterocycles. The van der Waals surface area contributed by atoms with Crippen LogP contribution in [-0.2, 0) is 10.2 Å². The first kappa shape index (κ1) is 19.1. The maximum Gasteiger partial charge on any atom is 0.225 e. The second-order valence-electron chi connectivity index (χ2n) is 9.19. The Labute approximate surface area is 177 Å². The van der Waals surface area contributed by atoms with E-state index in [-0.39, 0.29) is 5.41 Å². The van der Waals surface area contributed by atoms with Gasteiger partial charge in [-0.15, -0.1) is 0 Å². The molecule has 0 radical (unpaired) electrons. The molecule has 1 spiro atoms. The molecule has 0 N–H and O–H groups in total. The fourth-order valence-corrected chi connectivity index (χ4v) is 4.22. The molecule has 2 aromatic carbocycles. The number of hydrogen-bond donors (Lipinski definition) is 0. The molecule has 3 heterocycles. The van der Waals surface area contributed by atoms with Gasteiger partial charge in [-0.05, 0) is 30.2 Å². The summed E-state index contributed by atoms with van der Waals surface area (Å²) in [4.78, 5) is 11.1. The highest BCUT2D eigenvalue weighted by molar-refractivity contribution is 5.42. The number of anilines is 1. The van der Waals surface area contributed by atoms with Gasteiger partial charge in [0.1, 0.15) is 5.75 Å². The maximum atomic E-state index is 5.96. The van der Waals surface area contributed by atoms with Crippen LogP contribution in [0.4, 0.5) is 5.95 Å². The minimum absolute atomic E-state index is 0.0724. The van der Waals surface area contributed by atoms with Crippen LogP contribution >= 0.6 is 0 Å². The van der Waals surface area contributed by atoms with Gasteiger partial charge in [-0.25, -0.2) is 9.97 Å². The molecule has 2 aliphatic rings. The Morgan fingerprint density at radius 1 is 0.867 bits per heavy atom. The zero-order chi connectivity index (χ0) is 20.8. The summed E-state index contributed by atoms with van der Waals surface area (Å²) in [6.07, 6.45) is 3.49. The van der Waals surface area contributed by atoms with Crippen molar-refractivity contribution in [2.24, 2.45) is 5.41 Å². The van der Waals surface area contributed by atoms with Gasteiger partial charge in [-0.2, -0.15) is 0 Å². The molecule has 5 heteroatoms. The van der Waals surface area contributed by atoms with Crippen LogP contribution in [0.2, 0.25) is 0 Å². The van der Waals surface area contributed by atoms with E-state index in [4.69, 9.17) is 9.47 Å². The lowest BCUT2D eigenvalue weighted by atomic mass is 9.78. The molecule has 0 amide bonds. The van der Waals surface area contributed by atoms with Crippen molar-refractivity contribution in [3.05, 3.63) is 77.6 Å². The first-order chi connectivity index (χ1) is 14.4. The van der Waals surface area contributed by atoms with E-state index in [1.165, 1.54) is 16.7 Å². The molecule has 0 saturated carbocycles. The van der Waals surface area contributed by atoms with Gasteiger partial charge in [0.05, 0.1) is 31.0 Å². The predicted octanol–water partition coefficient (Wildman–Crippen LogP) is 4.74. The first-order valence-corrected chi connectivity index (χ1v) is 10.4. The Balaban J connectivity index is 1.24. The van der Waals surface area contributed by atoms with Crippen LogP contribution in [-0.4, -0.2) is 36.3 Å². The highest BCUT2D eigenvalue weighted by Gasteiger charge is 2.49. The zero-order valence-electron chi connectivity index (χ0n) is 17.8. The van der Waals surface area contributed by atoms with Crippen LogP contribution in [0.5, 0.6) is 11.5 Å². The lowest BCUT2D eigenvalue weighted by Gasteiger charge is -2.54. The van der Waals surface area contributed by atoms with E-state index in [0.717, 1.165) is 38.0 Å². The summed E-state index contributed by atoms with van der Waals surface area (Å²) in [5, 5.41) is 0. The SMILES string of the molecule is Cc1ccc(C(C)(C)c2ccc(Oc3cnc(N4CC5(COC5)C4)nc3)cc2)cc1. The van der Waals surface area contributed by atoms with Crippen LogP contribution in [0, 0.1) is 12.3 Å². The lowest BCUT2D eigenvalue weighted by Crippen LogP contribution is -2.66. The number of aromatic nitrogens is 2. The van der Waals surface area contributed by atoms with E-state index in [1.807, 2.05) is 12.1 Å². The fourth-order valence-electron chi connectivity index (χ4n) is 4.22. The van der Waals surface area contributed by atoms with Gasteiger partial charge in [0.2, 0.25) is 5.95 Å². The Bertz CT molecular complexity index is 1020. The van der Waals surface area contributed by atoms with E-state index >= 15 is 0 Å². The Morgan fingerprint density at radius 2 is 1.43 bits per heavy atom. The highest BCUT2D eigenvalue weighted by atomic mass is 16.5. The number of benzene rings is 2. The number of hydrogen-bond acceptors (Lipinski definition) is 5. The van der Waals surface area contributed by atoms with Crippen molar-refractivity contribution in [1.29, 1.82) is 0 Å². The zero-order valence-corrected chi connectivity index (χ0v) is 17.8. The van der Waals surface area contributed by atoms with Crippen molar-refractivity contribution in [3.63, 3.8) is 0 Å². The molecule has 0 atom stereocenters. The molecule has 2 aliphatic heterocycles. The average molecular weight is 402 g/mol. The van der Waals surface area contributed by atoms with Crippen LogP contribution in [0.15, 0.2) is 60.9 Å². The third kappa shape index (κ3) is 3.43. The average Bonchev–Trinajstić information content (AvgIpc) is 2.68. The molecule has 5 nitrogen and oxygen atoms in total. The van der Waals surface area contributed by atoms with Gasteiger partial charge in [0.15, 0.2) is 5.75 Å². The molecule has 0 bridgehead atoms. The van der Waals surface area contributed by atoms with Crippen molar-refractivity contribution in [3.8, 4) is 11.5 Å². The number of aryl methyl sites for hydroxylation is 1. The quantitative estimate of drug-likeness (QED) is 0.618. The molecule has 0 aliphatic carbocycles. The van der Waals surface area contributed by atoms with Crippen LogP contribution < -0.4 is 9.64 Å². The highest BCUT2D eigenvalue weighted by Crippen LogP contribution is 2.39. The minimum atomic E-state index is -0.0724. The molecule has 5 rings (SSSR count). The van der Waals surface area contributed by atoms with Crippen LogP contribution in [0.3, 0.4) is 0 Å². The molecule has 154 valence electrons. The Hall–Kier alpha value is -2.92. The standard InChI is InChI=1S/C25H27N3O2/c1-18-4-6-19(7-5-18)24(2,3)20-8-10-21(11-9-20)30-22-12-26-23(27-13-22)28-14-25(15-28)16-29-17-25/h4-13H,14-17H2,1-3H3. The van der Waals surface area contributed by atoms with Gasteiger partial charge in [-0.1, -0.05) is 55.8 Å². The summed E-state index contributed by atoms with van der Waals surface area (Å²) < 4.78 is 11.3. The molecule has 0 unspecified atom stereocenters. The molecule has 3 aromatic rings.